The number of halogens is 1. The van der Waals surface area contributed by atoms with Gasteiger partial charge in [-0.25, -0.2) is 9.18 Å². The molecule has 0 unspecified atom stereocenters. The van der Waals surface area contributed by atoms with E-state index in [1.165, 1.54) is 17.4 Å². The fourth-order valence-electron chi connectivity index (χ4n) is 1.56. The molecule has 2 aromatic rings. The van der Waals surface area contributed by atoms with E-state index in [1.54, 1.807) is 12.3 Å². The largest absolute Gasteiger partial charge is 0.478 e. The molecule has 1 aromatic carbocycles. The topological polar surface area (TPSA) is 66.4 Å². The van der Waals surface area contributed by atoms with Crippen molar-refractivity contribution in [2.75, 3.05) is 5.32 Å². The first-order valence-corrected chi connectivity index (χ1v) is 6.25. The van der Waals surface area contributed by atoms with Gasteiger partial charge in [-0.1, -0.05) is 0 Å². The van der Waals surface area contributed by atoms with E-state index in [0.717, 1.165) is 17.7 Å². The normalized spacial score (nSPS) is 10.2. The number of benzene rings is 1. The maximum atomic E-state index is 13.4. The monoisotopic (exact) mass is 279 g/mol. The molecule has 0 aliphatic rings. The summed E-state index contributed by atoms with van der Waals surface area (Å²) in [6.07, 6.45) is 0. The van der Waals surface area contributed by atoms with Crippen LogP contribution in [0.1, 0.15) is 25.6 Å². The van der Waals surface area contributed by atoms with Crippen molar-refractivity contribution in [3.63, 3.8) is 0 Å². The molecule has 0 saturated carbocycles. The molecule has 0 fully saturated rings. The molecule has 0 aliphatic carbocycles. The molecule has 1 aromatic heterocycles. The van der Waals surface area contributed by atoms with Gasteiger partial charge in [0.1, 0.15) is 5.82 Å². The molecule has 4 nitrogen and oxygen atoms in total. The number of carbonyl (C=O) groups is 2. The summed E-state index contributed by atoms with van der Waals surface area (Å²) in [5, 5.41) is 13.0. The fourth-order valence-corrected chi connectivity index (χ4v) is 2.38. The second-order valence-electron chi connectivity index (χ2n) is 3.89. The average molecular weight is 279 g/mol. The quantitative estimate of drug-likeness (QED) is 0.907. The van der Waals surface area contributed by atoms with Crippen LogP contribution in [0, 0.1) is 12.7 Å². The summed E-state index contributed by atoms with van der Waals surface area (Å²) in [6, 6.07) is 5.28. The Hall–Kier alpha value is -2.21. The Kier molecular flexibility index (Phi) is 3.62. The van der Waals surface area contributed by atoms with Crippen molar-refractivity contribution < 1.29 is 19.1 Å². The van der Waals surface area contributed by atoms with Crippen LogP contribution in [0.15, 0.2) is 29.6 Å². The van der Waals surface area contributed by atoms with Gasteiger partial charge in [-0.3, -0.25) is 4.79 Å². The lowest BCUT2D eigenvalue weighted by Crippen LogP contribution is -2.12. The third-order valence-corrected chi connectivity index (χ3v) is 3.54. The van der Waals surface area contributed by atoms with Crippen molar-refractivity contribution in [1.82, 2.24) is 0 Å². The Morgan fingerprint density at radius 3 is 2.58 bits per heavy atom. The van der Waals surface area contributed by atoms with E-state index >= 15 is 0 Å². The fraction of sp³-hybridized carbons (Fsp3) is 0.0769. The van der Waals surface area contributed by atoms with Gasteiger partial charge in [0, 0.05) is 5.69 Å². The van der Waals surface area contributed by atoms with Gasteiger partial charge in [0.2, 0.25) is 0 Å². The minimum Gasteiger partial charge on any atom is -0.478 e. The van der Waals surface area contributed by atoms with Crippen LogP contribution >= 0.6 is 11.3 Å². The molecule has 0 saturated heterocycles. The summed E-state index contributed by atoms with van der Waals surface area (Å²) >= 11 is 1.29. The number of thiophene rings is 1. The summed E-state index contributed by atoms with van der Waals surface area (Å²) in [4.78, 5) is 23.1. The molecule has 0 atom stereocenters. The van der Waals surface area contributed by atoms with Crippen LogP contribution in [-0.2, 0) is 0 Å². The SMILES string of the molecule is Cc1ccsc1C(=O)Nc1ccc(C(=O)O)c(F)c1. The van der Waals surface area contributed by atoms with Crippen LogP contribution in [-0.4, -0.2) is 17.0 Å². The zero-order chi connectivity index (χ0) is 14.0. The number of nitrogens with one attached hydrogen (secondary N) is 1. The van der Waals surface area contributed by atoms with Crippen LogP contribution in [0.5, 0.6) is 0 Å². The van der Waals surface area contributed by atoms with Gasteiger partial charge >= 0.3 is 5.97 Å². The number of carboxylic acid groups (broad SMARTS) is 1. The number of hydrogen-bond donors (Lipinski definition) is 2. The van der Waals surface area contributed by atoms with Crippen LogP contribution in [0.2, 0.25) is 0 Å². The number of anilines is 1. The highest BCUT2D eigenvalue weighted by Crippen LogP contribution is 2.19. The molecule has 1 amide bonds. The standard InChI is InChI=1S/C13H10FNO3S/c1-7-4-5-19-11(7)12(16)15-8-2-3-9(13(17)18)10(14)6-8/h2-6H,1H3,(H,15,16)(H,17,18). The van der Waals surface area contributed by atoms with Crippen LogP contribution < -0.4 is 5.32 Å². The van der Waals surface area contributed by atoms with Crippen molar-refractivity contribution in [2.45, 2.75) is 6.92 Å². The first kappa shape index (κ1) is 13.2. The summed E-state index contributed by atoms with van der Waals surface area (Å²) in [5.41, 5.74) is 0.635. The number of hydrogen-bond acceptors (Lipinski definition) is 3. The van der Waals surface area contributed by atoms with Gasteiger partial charge in [-0.2, -0.15) is 0 Å². The van der Waals surface area contributed by atoms with Gasteiger partial charge < -0.3 is 10.4 Å². The number of amides is 1. The third-order valence-electron chi connectivity index (χ3n) is 2.53. The molecule has 19 heavy (non-hydrogen) atoms. The first-order valence-electron chi connectivity index (χ1n) is 5.37. The van der Waals surface area contributed by atoms with Crippen molar-refractivity contribution in [3.05, 3.63) is 51.5 Å². The smallest absolute Gasteiger partial charge is 0.338 e. The van der Waals surface area contributed by atoms with Crippen molar-refractivity contribution in [2.24, 2.45) is 0 Å². The summed E-state index contributed by atoms with van der Waals surface area (Å²) in [5.74, 6) is -2.56. The molecule has 2 rings (SSSR count). The van der Waals surface area contributed by atoms with Gasteiger partial charge in [-0.15, -0.1) is 11.3 Å². The van der Waals surface area contributed by atoms with E-state index in [-0.39, 0.29) is 11.6 Å². The van der Waals surface area contributed by atoms with E-state index in [0.29, 0.717) is 4.88 Å². The molecule has 0 bridgehead atoms. The van der Waals surface area contributed by atoms with E-state index < -0.39 is 17.3 Å². The average Bonchev–Trinajstić information content (AvgIpc) is 2.75. The molecule has 0 spiro atoms. The first-order chi connectivity index (χ1) is 8.99. The minimum atomic E-state index is -1.34. The lowest BCUT2D eigenvalue weighted by Gasteiger charge is -2.06. The molecule has 0 radical (unpaired) electrons. The van der Waals surface area contributed by atoms with Crippen LogP contribution in [0.4, 0.5) is 10.1 Å². The highest BCUT2D eigenvalue weighted by molar-refractivity contribution is 7.12. The van der Waals surface area contributed by atoms with E-state index in [9.17, 15) is 14.0 Å². The number of carbonyl (C=O) groups excluding carboxylic acids is 1. The predicted molar refractivity (Wildman–Crippen MR) is 70.4 cm³/mol. The Labute approximate surface area is 112 Å². The Morgan fingerprint density at radius 2 is 2.05 bits per heavy atom. The highest BCUT2D eigenvalue weighted by atomic mass is 32.1. The van der Waals surface area contributed by atoms with E-state index in [4.69, 9.17) is 5.11 Å². The van der Waals surface area contributed by atoms with Gasteiger partial charge in [0.25, 0.3) is 5.91 Å². The van der Waals surface area contributed by atoms with Crippen molar-refractivity contribution >= 4 is 28.9 Å². The lowest BCUT2D eigenvalue weighted by molar-refractivity contribution is 0.0692. The summed E-state index contributed by atoms with van der Waals surface area (Å²) in [6.45, 7) is 1.81. The Bertz CT molecular complexity index is 651. The second kappa shape index (κ2) is 5.19. The Morgan fingerprint density at radius 1 is 1.32 bits per heavy atom. The lowest BCUT2D eigenvalue weighted by atomic mass is 10.2. The molecule has 6 heteroatoms. The van der Waals surface area contributed by atoms with Gasteiger partial charge in [-0.05, 0) is 42.1 Å². The number of carboxylic acids is 1. The molecule has 0 aliphatic heterocycles. The highest BCUT2D eigenvalue weighted by Gasteiger charge is 2.14. The number of aryl methyl sites for hydroxylation is 1. The van der Waals surface area contributed by atoms with Crippen molar-refractivity contribution in [3.8, 4) is 0 Å². The zero-order valence-electron chi connectivity index (χ0n) is 9.94. The maximum Gasteiger partial charge on any atom is 0.338 e. The second-order valence-corrected chi connectivity index (χ2v) is 4.80. The third kappa shape index (κ3) is 2.79. The zero-order valence-corrected chi connectivity index (χ0v) is 10.8. The summed E-state index contributed by atoms with van der Waals surface area (Å²) < 4.78 is 13.4. The minimum absolute atomic E-state index is 0.223. The number of aromatic carboxylic acids is 1. The van der Waals surface area contributed by atoms with Crippen molar-refractivity contribution in [1.29, 1.82) is 0 Å². The van der Waals surface area contributed by atoms with E-state index in [1.807, 2.05) is 6.07 Å². The Balaban J connectivity index is 2.21. The number of rotatable bonds is 3. The summed E-state index contributed by atoms with van der Waals surface area (Å²) in [7, 11) is 0. The molecular weight excluding hydrogens is 269 g/mol. The van der Waals surface area contributed by atoms with Crippen LogP contribution in [0.3, 0.4) is 0 Å². The molecule has 2 N–H and O–H groups in total. The van der Waals surface area contributed by atoms with E-state index in [2.05, 4.69) is 5.32 Å². The molecule has 1 heterocycles. The van der Waals surface area contributed by atoms with Crippen LogP contribution in [0.25, 0.3) is 0 Å². The van der Waals surface area contributed by atoms with Gasteiger partial charge in [0.15, 0.2) is 0 Å². The maximum absolute atomic E-state index is 13.4. The molecular formula is C13H10FNO3S. The molecule has 98 valence electrons. The van der Waals surface area contributed by atoms with Gasteiger partial charge in [0.05, 0.1) is 10.4 Å². The predicted octanol–water partition coefficient (Wildman–Crippen LogP) is 3.15.